The number of hydrogen-bond acceptors (Lipinski definition) is 5. The maximum Gasteiger partial charge on any atom is 0.264 e. The molecule has 4 rings (SSSR count). The first kappa shape index (κ1) is 27.6. The van der Waals surface area contributed by atoms with Crippen LogP contribution < -0.4 is 4.72 Å². The van der Waals surface area contributed by atoms with Crippen LogP contribution in [-0.4, -0.2) is 35.7 Å². The van der Waals surface area contributed by atoms with Crippen molar-refractivity contribution >= 4 is 38.6 Å². The molecule has 1 aromatic heterocycles. The van der Waals surface area contributed by atoms with Gasteiger partial charge in [0.15, 0.2) is 0 Å². The molecule has 7 nitrogen and oxygen atoms in total. The van der Waals surface area contributed by atoms with E-state index >= 15 is 0 Å². The predicted octanol–water partition coefficient (Wildman–Crippen LogP) is 6.15. The summed E-state index contributed by atoms with van der Waals surface area (Å²) in [6.07, 6.45) is 8.60. The van der Waals surface area contributed by atoms with Crippen LogP contribution in [0.2, 0.25) is 5.02 Å². The standard InChI is InChI=1S/C28H36ClN3O4S/c1-3-4-8-15-37(34,35)31-28(33)22-13-14-26-27(17-22)32(20(2)30-26)18-23-12-11-21(16-25(23)29)19-36-24-9-6-5-7-10-24/h11-14,16-17,24H,3-10,15,18-19H2,1-2H3,(H,31,33). The summed E-state index contributed by atoms with van der Waals surface area (Å²) in [5, 5.41) is 0.651. The summed E-state index contributed by atoms with van der Waals surface area (Å²) in [6, 6.07) is 11.0. The number of carbonyl (C=O) groups excluding carboxylic acids is 1. The van der Waals surface area contributed by atoms with Crippen LogP contribution in [0.5, 0.6) is 0 Å². The molecule has 0 unspecified atom stereocenters. The van der Waals surface area contributed by atoms with Crippen molar-refractivity contribution in [3.8, 4) is 0 Å². The number of aromatic nitrogens is 2. The van der Waals surface area contributed by atoms with Gasteiger partial charge in [-0.1, -0.05) is 62.8 Å². The molecule has 2 aromatic carbocycles. The van der Waals surface area contributed by atoms with Crippen molar-refractivity contribution in [3.05, 3.63) is 63.9 Å². The van der Waals surface area contributed by atoms with E-state index < -0.39 is 15.9 Å². The highest BCUT2D eigenvalue weighted by molar-refractivity contribution is 7.90. The van der Waals surface area contributed by atoms with E-state index in [9.17, 15) is 13.2 Å². The Morgan fingerprint density at radius 3 is 2.65 bits per heavy atom. The first-order valence-corrected chi connectivity index (χ1v) is 15.2. The Kier molecular flexibility index (Phi) is 9.27. The van der Waals surface area contributed by atoms with Gasteiger partial charge in [-0.15, -0.1) is 0 Å². The van der Waals surface area contributed by atoms with E-state index in [1.165, 1.54) is 19.3 Å². The van der Waals surface area contributed by atoms with E-state index in [0.717, 1.165) is 53.7 Å². The molecule has 1 amide bonds. The average molecular weight is 546 g/mol. The fraction of sp³-hybridized carbons (Fsp3) is 0.500. The monoisotopic (exact) mass is 545 g/mol. The Balaban J connectivity index is 1.48. The number of nitrogens with one attached hydrogen (secondary N) is 1. The van der Waals surface area contributed by atoms with Gasteiger partial charge in [-0.2, -0.15) is 0 Å². The molecule has 0 bridgehead atoms. The maximum absolute atomic E-state index is 12.7. The van der Waals surface area contributed by atoms with Crippen LogP contribution in [0.25, 0.3) is 11.0 Å². The van der Waals surface area contributed by atoms with E-state index in [-0.39, 0.29) is 11.3 Å². The molecule has 0 saturated heterocycles. The fourth-order valence-corrected chi connectivity index (χ4v) is 6.15. The number of nitrogens with zero attached hydrogens (tertiary/aromatic N) is 2. The zero-order chi connectivity index (χ0) is 26.4. The number of imidazole rings is 1. The van der Waals surface area contributed by atoms with Crippen molar-refractivity contribution in [1.82, 2.24) is 14.3 Å². The van der Waals surface area contributed by atoms with Gasteiger partial charge in [0.25, 0.3) is 5.91 Å². The molecule has 0 atom stereocenters. The number of benzene rings is 2. The number of aryl methyl sites for hydroxylation is 1. The second-order valence-corrected chi connectivity index (χ2v) is 12.2. The Bertz CT molecular complexity index is 1350. The minimum atomic E-state index is -3.68. The number of ether oxygens (including phenoxy) is 1. The maximum atomic E-state index is 12.7. The minimum absolute atomic E-state index is 0.0634. The van der Waals surface area contributed by atoms with Gasteiger partial charge in [-0.25, -0.2) is 18.1 Å². The zero-order valence-electron chi connectivity index (χ0n) is 21.6. The third-order valence-electron chi connectivity index (χ3n) is 6.95. The highest BCUT2D eigenvalue weighted by Crippen LogP contribution is 2.26. The van der Waals surface area contributed by atoms with Gasteiger partial charge in [-0.05, 0) is 61.6 Å². The summed E-state index contributed by atoms with van der Waals surface area (Å²) >= 11 is 6.66. The minimum Gasteiger partial charge on any atom is -0.374 e. The number of hydrogen-bond donors (Lipinski definition) is 1. The first-order valence-electron chi connectivity index (χ1n) is 13.2. The summed E-state index contributed by atoms with van der Waals surface area (Å²) in [4.78, 5) is 17.3. The van der Waals surface area contributed by atoms with Crippen molar-refractivity contribution in [2.24, 2.45) is 0 Å². The molecular formula is C28H36ClN3O4S. The van der Waals surface area contributed by atoms with Gasteiger partial charge in [0.2, 0.25) is 10.0 Å². The summed E-state index contributed by atoms with van der Waals surface area (Å²) < 4.78 is 34.9. The van der Waals surface area contributed by atoms with Crippen LogP contribution >= 0.6 is 11.6 Å². The van der Waals surface area contributed by atoms with Crippen molar-refractivity contribution in [2.45, 2.75) is 84.5 Å². The van der Waals surface area contributed by atoms with Crippen molar-refractivity contribution in [3.63, 3.8) is 0 Å². The highest BCUT2D eigenvalue weighted by atomic mass is 35.5. The van der Waals surface area contributed by atoms with Gasteiger partial charge >= 0.3 is 0 Å². The third kappa shape index (κ3) is 7.33. The van der Waals surface area contributed by atoms with Crippen LogP contribution in [0.1, 0.15) is 85.6 Å². The second-order valence-electron chi connectivity index (χ2n) is 9.90. The Hall–Kier alpha value is -2.42. The number of rotatable bonds is 11. The number of fused-ring (bicyclic) bond motifs is 1. The average Bonchev–Trinajstić information content (AvgIpc) is 3.18. The lowest BCUT2D eigenvalue weighted by atomic mass is 9.98. The Labute approximate surface area is 224 Å². The molecule has 1 aliphatic carbocycles. The largest absolute Gasteiger partial charge is 0.374 e. The quantitative estimate of drug-likeness (QED) is 0.292. The van der Waals surface area contributed by atoms with Gasteiger partial charge < -0.3 is 9.30 Å². The lowest BCUT2D eigenvalue weighted by molar-refractivity contribution is 0.0169. The van der Waals surface area contributed by atoms with Crippen molar-refractivity contribution in [2.75, 3.05) is 5.75 Å². The molecule has 1 N–H and O–H groups in total. The third-order valence-corrected chi connectivity index (χ3v) is 8.62. The van der Waals surface area contributed by atoms with Crippen LogP contribution in [0.3, 0.4) is 0 Å². The van der Waals surface area contributed by atoms with Gasteiger partial charge in [0.1, 0.15) is 5.82 Å². The lowest BCUT2D eigenvalue weighted by Crippen LogP contribution is -2.32. The SMILES string of the molecule is CCCCCS(=O)(=O)NC(=O)c1ccc2nc(C)n(Cc3ccc(COC4CCCCC4)cc3Cl)c2c1. The summed E-state index contributed by atoms with van der Waals surface area (Å²) in [6.45, 7) is 4.93. The second kappa shape index (κ2) is 12.4. The first-order chi connectivity index (χ1) is 17.8. The van der Waals surface area contributed by atoms with Gasteiger partial charge in [0.05, 0.1) is 36.0 Å². The molecule has 1 saturated carbocycles. The van der Waals surface area contributed by atoms with Crippen LogP contribution in [0.15, 0.2) is 36.4 Å². The molecular weight excluding hydrogens is 510 g/mol. The molecule has 9 heteroatoms. The summed E-state index contributed by atoms with van der Waals surface area (Å²) in [7, 11) is -3.68. The summed E-state index contributed by atoms with van der Waals surface area (Å²) in [5.74, 6) is 0.0798. The smallest absolute Gasteiger partial charge is 0.264 e. The number of halogens is 1. The normalized spacial score (nSPS) is 14.8. The zero-order valence-corrected chi connectivity index (χ0v) is 23.2. The Morgan fingerprint density at radius 2 is 1.92 bits per heavy atom. The van der Waals surface area contributed by atoms with Gasteiger partial charge in [-0.3, -0.25) is 4.79 Å². The van der Waals surface area contributed by atoms with E-state index in [4.69, 9.17) is 16.3 Å². The topological polar surface area (TPSA) is 90.3 Å². The molecule has 3 aromatic rings. The molecule has 1 fully saturated rings. The number of sulfonamides is 1. The molecule has 37 heavy (non-hydrogen) atoms. The fourth-order valence-electron chi connectivity index (χ4n) is 4.80. The van der Waals surface area contributed by atoms with E-state index in [0.29, 0.717) is 30.7 Å². The molecule has 200 valence electrons. The van der Waals surface area contributed by atoms with Crippen molar-refractivity contribution in [1.29, 1.82) is 0 Å². The van der Waals surface area contributed by atoms with E-state index in [2.05, 4.69) is 9.71 Å². The molecule has 0 spiro atoms. The Morgan fingerprint density at radius 1 is 1.14 bits per heavy atom. The summed E-state index contributed by atoms with van der Waals surface area (Å²) in [5.41, 5.74) is 3.72. The highest BCUT2D eigenvalue weighted by Gasteiger charge is 2.18. The van der Waals surface area contributed by atoms with Crippen LogP contribution in [-0.2, 0) is 27.9 Å². The molecule has 0 radical (unpaired) electrons. The lowest BCUT2D eigenvalue weighted by Gasteiger charge is -2.22. The number of carbonyl (C=O) groups is 1. The van der Waals surface area contributed by atoms with Crippen molar-refractivity contribution < 1.29 is 17.9 Å². The van der Waals surface area contributed by atoms with Crippen LogP contribution in [0.4, 0.5) is 0 Å². The molecule has 1 aliphatic rings. The van der Waals surface area contributed by atoms with Gasteiger partial charge in [0, 0.05) is 10.6 Å². The molecule has 0 aliphatic heterocycles. The van der Waals surface area contributed by atoms with E-state index in [1.807, 2.05) is 36.6 Å². The van der Waals surface area contributed by atoms with Crippen LogP contribution in [0, 0.1) is 6.92 Å². The number of unbranched alkanes of at least 4 members (excludes halogenated alkanes) is 2. The van der Waals surface area contributed by atoms with E-state index in [1.54, 1.807) is 18.2 Å². The molecule has 1 heterocycles. The number of amides is 1. The predicted molar refractivity (Wildman–Crippen MR) is 147 cm³/mol.